The van der Waals surface area contributed by atoms with Crippen molar-refractivity contribution in [1.82, 2.24) is 5.32 Å². The second kappa shape index (κ2) is 6.23. The van der Waals surface area contributed by atoms with Crippen LogP contribution in [0.1, 0.15) is 36.0 Å². The first-order valence-corrected chi connectivity index (χ1v) is 7.68. The normalized spacial score (nSPS) is 17.4. The van der Waals surface area contributed by atoms with Crippen molar-refractivity contribution in [3.8, 4) is 0 Å². The van der Waals surface area contributed by atoms with Crippen LogP contribution in [0.25, 0.3) is 0 Å². The molecule has 0 unspecified atom stereocenters. The summed E-state index contributed by atoms with van der Waals surface area (Å²) in [5.41, 5.74) is 0.344. The molecule has 19 heavy (non-hydrogen) atoms. The van der Waals surface area contributed by atoms with Crippen LogP contribution in [0.2, 0.25) is 0 Å². The van der Waals surface area contributed by atoms with Crippen molar-refractivity contribution in [2.24, 2.45) is 5.41 Å². The monoisotopic (exact) mass is 347 g/mol. The van der Waals surface area contributed by atoms with E-state index in [0.717, 1.165) is 25.7 Å². The number of carbonyl (C=O) groups excluding carboxylic acids is 1. The average Bonchev–Trinajstić information content (AvgIpc) is 2.84. The maximum atomic E-state index is 13.2. The molecule has 0 radical (unpaired) electrons. The van der Waals surface area contributed by atoms with Gasteiger partial charge in [-0.05, 0) is 31.0 Å². The van der Waals surface area contributed by atoms with Gasteiger partial charge in [0, 0.05) is 27.9 Å². The third-order valence-corrected chi connectivity index (χ3v) is 4.72. The van der Waals surface area contributed by atoms with E-state index in [1.165, 1.54) is 12.1 Å². The number of halogens is 3. The Morgan fingerprint density at radius 3 is 2.63 bits per heavy atom. The Hall–Kier alpha value is -0.610. The van der Waals surface area contributed by atoms with Crippen LogP contribution in [0.3, 0.4) is 0 Å². The maximum Gasteiger partial charge on any atom is 0.251 e. The summed E-state index contributed by atoms with van der Waals surface area (Å²) in [5.74, 6) is -0.121. The molecule has 0 atom stereocenters. The molecule has 0 aromatic heterocycles. The van der Waals surface area contributed by atoms with Gasteiger partial charge in [0.25, 0.3) is 5.91 Å². The van der Waals surface area contributed by atoms with E-state index >= 15 is 0 Å². The topological polar surface area (TPSA) is 29.1 Å². The molecule has 0 bridgehead atoms. The first-order chi connectivity index (χ1) is 9.04. The fraction of sp³-hybridized carbons (Fsp3) is 0.500. The van der Waals surface area contributed by atoms with Crippen LogP contribution in [-0.4, -0.2) is 18.3 Å². The van der Waals surface area contributed by atoms with Gasteiger partial charge in [0.05, 0.1) is 0 Å². The van der Waals surface area contributed by atoms with Crippen molar-refractivity contribution in [2.45, 2.75) is 25.7 Å². The van der Waals surface area contributed by atoms with Crippen LogP contribution in [0.4, 0.5) is 4.39 Å². The smallest absolute Gasteiger partial charge is 0.251 e. The summed E-state index contributed by atoms with van der Waals surface area (Å²) in [7, 11) is 0. The van der Waals surface area contributed by atoms with Gasteiger partial charge in [0.1, 0.15) is 5.82 Å². The molecule has 0 heterocycles. The molecule has 1 aromatic rings. The highest BCUT2D eigenvalue weighted by Crippen LogP contribution is 2.38. The number of alkyl halides is 1. The lowest BCUT2D eigenvalue weighted by molar-refractivity contribution is 0.0934. The Bertz CT molecular complexity index is 454. The molecule has 1 aliphatic carbocycles. The molecule has 1 aliphatic rings. The lowest BCUT2D eigenvalue weighted by Crippen LogP contribution is -2.37. The van der Waals surface area contributed by atoms with Crippen molar-refractivity contribution < 1.29 is 9.18 Å². The Kier molecular flexibility index (Phi) is 4.85. The Morgan fingerprint density at radius 1 is 1.37 bits per heavy atom. The van der Waals surface area contributed by atoms with Crippen LogP contribution in [0.5, 0.6) is 0 Å². The van der Waals surface area contributed by atoms with E-state index in [9.17, 15) is 9.18 Å². The van der Waals surface area contributed by atoms with Crippen LogP contribution >= 0.6 is 27.5 Å². The fourth-order valence-corrected chi connectivity index (χ4v) is 3.36. The van der Waals surface area contributed by atoms with E-state index in [-0.39, 0.29) is 11.3 Å². The molecule has 0 spiro atoms. The van der Waals surface area contributed by atoms with Gasteiger partial charge in [-0.15, -0.1) is 11.6 Å². The van der Waals surface area contributed by atoms with Crippen LogP contribution in [0.15, 0.2) is 22.7 Å². The maximum absolute atomic E-state index is 13.2. The molecule has 1 saturated carbocycles. The molecule has 2 nitrogen and oxygen atoms in total. The molecule has 1 N–H and O–H groups in total. The molecule has 0 saturated heterocycles. The second-order valence-corrected chi connectivity index (χ2v) is 6.36. The standard InChI is InChI=1S/C14H16BrClFNO/c15-11-5-10(6-12(17)7-11)13(19)18-9-14(8-16)3-1-2-4-14/h5-7H,1-4,8-9H2,(H,18,19). The van der Waals surface area contributed by atoms with Gasteiger partial charge in [0.2, 0.25) is 0 Å². The third kappa shape index (κ3) is 3.69. The molecule has 0 aliphatic heterocycles. The van der Waals surface area contributed by atoms with Crippen molar-refractivity contribution in [3.63, 3.8) is 0 Å². The van der Waals surface area contributed by atoms with Gasteiger partial charge >= 0.3 is 0 Å². The first kappa shape index (κ1) is 14.8. The van der Waals surface area contributed by atoms with Gasteiger partial charge in [-0.3, -0.25) is 4.79 Å². The van der Waals surface area contributed by atoms with Crippen molar-refractivity contribution in [2.75, 3.05) is 12.4 Å². The molecule has 2 rings (SSSR count). The summed E-state index contributed by atoms with van der Waals surface area (Å²) in [5, 5.41) is 2.88. The lowest BCUT2D eigenvalue weighted by Gasteiger charge is -2.26. The summed E-state index contributed by atoms with van der Waals surface area (Å²) in [6, 6.07) is 4.18. The zero-order valence-corrected chi connectivity index (χ0v) is 12.9. The predicted molar refractivity (Wildman–Crippen MR) is 78.1 cm³/mol. The minimum absolute atomic E-state index is 0.0156. The van der Waals surface area contributed by atoms with Gasteiger partial charge in [-0.2, -0.15) is 0 Å². The number of nitrogens with one attached hydrogen (secondary N) is 1. The zero-order chi connectivity index (χ0) is 13.9. The van der Waals surface area contributed by atoms with Crippen LogP contribution < -0.4 is 5.32 Å². The Morgan fingerprint density at radius 2 is 2.05 bits per heavy atom. The van der Waals surface area contributed by atoms with Gasteiger partial charge < -0.3 is 5.32 Å². The number of carbonyl (C=O) groups is 1. The number of benzene rings is 1. The SMILES string of the molecule is O=C(NCC1(CCl)CCCC1)c1cc(F)cc(Br)c1. The largest absolute Gasteiger partial charge is 0.351 e. The molecular formula is C14H16BrClFNO. The summed E-state index contributed by atoms with van der Waals surface area (Å²) >= 11 is 9.21. The quantitative estimate of drug-likeness (QED) is 0.815. The number of hydrogen-bond acceptors (Lipinski definition) is 1. The van der Waals surface area contributed by atoms with E-state index < -0.39 is 5.82 Å². The minimum Gasteiger partial charge on any atom is -0.351 e. The first-order valence-electron chi connectivity index (χ1n) is 6.35. The van der Waals surface area contributed by atoms with E-state index in [1.807, 2.05) is 0 Å². The Labute approximate surface area is 125 Å². The number of hydrogen-bond donors (Lipinski definition) is 1. The average molecular weight is 349 g/mol. The van der Waals surface area contributed by atoms with E-state index in [0.29, 0.717) is 22.5 Å². The fourth-order valence-electron chi connectivity index (χ4n) is 2.54. The number of amides is 1. The number of rotatable bonds is 4. The zero-order valence-electron chi connectivity index (χ0n) is 10.5. The third-order valence-electron chi connectivity index (χ3n) is 3.70. The molecule has 5 heteroatoms. The molecule has 1 amide bonds. The van der Waals surface area contributed by atoms with Gasteiger partial charge in [0.15, 0.2) is 0 Å². The highest BCUT2D eigenvalue weighted by molar-refractivity contribution is 9.10. The molecule has 104 valence electrons. The van der Waals surface area contributed by atoms with Crippen LogP contribution in [-0.2, 0) is 0 Å². The van der Waals surface area contributed by atoms with Gasteiger partial charge in [-0.25, -0.2) is 4.39 Å². The second-order valence-electron chi connectivity index (χ2n) is 5.18. The van der Waals surface area contributed by atoms with E-state index in [1.54, 1.807) is 6.07 Å². The predicted octanol–water partition coefficient (Wildman–Crippen LogP) is 4.12. The molecular weight excluding hydrogens is 333 g/mol. The summed E-state index contributed by atoms with van der Waals surface area (Å²) in [6.07, 6.45) is 4.41. The lowest BCUT2D eigenvalue weighted by atomic mass is 9.88. The summed E-state index contributed by atoms with van der Waals surface area (Å²) in [6.45, 7) is 0.559. The van der Waals surface area contributed by atoms with Crippen LogP contribution in [0, 0.1) is 11.2 Å². The van der Waals surface area contributed by atoms with Crippen molar-refractivity contribution in [1.29, 1.82) is 0 Å². The summed E-state index contributed by atoms with van der Waals surface area (Å²) < 4.78 is 13.8. The molecule has 1 fully saturated rings. The highest BCUT2D eigenvalue weighted by Gasteiger charge is 2.33. The minimum atomic E-state index is -0.424. The van der Waals surface area contributed by atoms with Crippen molar-refractivity contribution >= 4 is 33.4 Å². The highest BCUT2D eigenvalue weighted by atomic mass is 79.9. The van der Waals surface area contributed by atoms with E-state index in [2.05, 4.69) is 21.2 Å². The van der Waals surface area contributed by atoms with Gasteiger partial charge in [-0.1, -0.05) is 28.8 Å². The Balaban J connectivity index is 2.01. The van der Waals surface area contributed by atoms with E-state index in [4.69, 9.17) is 11.6 Å². The van der Waals surface area contributed by atoms with Crippen molar-refractivity contribution in [3.05, 3.63) is 34.1 Å². The molecule has 1 aromatic carbocycles. The summed E-state index contributed by atoms with van der Waals surface area (Å²) in [4.78, 5) is 12.0.